The van der Waals surface area contributed by atoms with Crippen LogP contribution in [0.15, 0.2) is 0 Å². The molecule has 0 aromatic rings. The molecular weight excluding hydrogens is 214 g/mol. The van der Waals surface area contributed by atoms with E-state index in [0.29, 0.717) is 5.41 Å². The van der Waals surface area contributed by atoms with Crippen molar-refractivity contribution in [2.24, 2.45) is 11.3 Å². The molecular formula is C14H29NS. The third-order valence-corrected chi connectivity index (χ3v) is 5.32. The molecule has 2 heteroatoms. The molecule has 1 rings (SSSR count). The summed E-state index contributed by atoms with van der Waals surface area (Å²) < 4.78 is 0. The summed E-state index contributed by atoms with van der Waals surface area (Å²) in [6, 6.07) is 0.765. The van der Waals surface area contributed by atoms with E-state index in [9.17, 15) is 0 Å². The summed E-state index contributed by atoms with van der Waals surface area (Å²) in [7, 11) is 0. The van der Waals surface area contributed by atoms with E-state index >= 15 is 0 Å². The third kappa shape index (κ3) is 3.40. The Morgan fingerprint density at radius 1 is 1.25 bits per heavy atom. The predicted molar refractivity (Wildman–Crippen MR) is 76.3 cm³/mol. The minimum atomic E-state index is 0.442. The summed E-state index contributed by atoms with van der Waals surface area (Å²) in [6.07, 6.45) is 5.26. The van der Waals surface area contributed by atoms with Crippen molar-refractivity contribution in [1.82, 2.24) is 4.90 Å². The molecule has 2 atom stereocenters. The van der Waals surface area contributed by atoms with E-state index in [2.05, 4.69) is 45.2 Å². The first-order valence-corrected chi connectivity index (χ1v) is 7.55. The topological polar surface area (TPSA) is 3.24 Å². The first kappa shape index (κ1) is 14.4. The van der Waals surface area contributed by atoms with Crippen LogP contribution in [-0.2, 0) is 0 Å². The van der Waals surface area contributed by atoms with Crippen LogP contribution in [0, 0.1) is 11.3 Å². The molecule has 0 bridgehead atoms. The molecule has 1 aliphatic rings. The Balaban J connectivity index is 2.57. The molecule has 0 amide bonds. The van der Waals surface area contributed by atoms with Crippen molar-refractivity contribution in [3.63, 3.8) is 0 Å². The first-order valence-electron chi connectivity index (χ1n) is 6.91. The minimum Gasteiger partial charge on any atom is -0.300 e. The lowest BCUT2D eigenvalue weighted by Gasteiger charge is -2.43. The fraction of sp³-hybridized carbons (Fsp3) is 1.00. The highest BCUT2D eigenvalue weighted by atomic mass is 32.1. The zero-order valence-electron chi connectivity index (χ0n) is 11.5. The second kappa shape index (κ2) is 6.30. The normalized spacial score (nSPS) is 28.3. The van der Waals surface area contributed by atoms with Gasteiger partial charge in [-0.1, -0.05) is 20.8 Å². The van der Waals surface area contributed by atoms with Gasteiger partial charge in [-0.15, -0.1) is 0 Å². The lowest BCUT2D eigenvalue weighted by Crippen LogP contribution is -2.46. The van der Waals surface area contributed by atoms with Crippen LogP contribution < -0.4 is 0 Å². The van der Waals surface area contributed by atoms with Crippen LogP contribution in [0.4, 0.5) is 0 Å². The van der Waals surface area contributed by atoms with Gasteiger partial charge < -0.3 is 4.90 Å². The molecule has 0 saturated carbocycles. The Morgan fingerprint density at radius 2 is 1.88 bits per heavy atom. The first-order chi connectivity index (χ1) is 7.56. The fourth-order valence-electron chi connectivity index (χ4n) is 2.87. The second-order valence-electron chi connectivity index (χ2n) is 5.81. The molecule has 16 heavy (non-hydrogen) atoms. The van der Waals surface area contributed by atoms with Gasteiger partial charge >= 0.3 is 0 Å². The maximum Gasteiger partial charge on any atom is 0.00697 e. The van der Waals surface area contributed by atoms with Gasteiger partial charge in [-0.05, 0) is 56.2 Å². The molecule has 1 aliphatic heterocycles. The third-order valence-electron chi connectivity index (χ3n) is 4.65. The maximum absolute atomic E-state index is 4.58. The Labute approximate surface area is 107 Å². The molecule has 2 unspecified atom stereocenters. The number of hydrogen-bond acceptors (Lipinski definition) is 2. The van der Waals surface area contributed by atoms with Crippen LogP contribution in [0.5, 0.6) is 0 Å². The van der Waals surface area contributed by atoms with E-state index in [1.165, 1.54) is 38.8 Å². The largest absolute Gasteiger partial charge is 0.300 e. The van der Waals surface area contributed by atoms with Gasteiger partial charge in [0, 0.05) is 12.6 Å². The van der Waals surface area contributed by atoms with Crippen molar-refractivity contribution in [2.45, 2.75) is 59.4 Å². The molecule has 0 aromatic heterocycles. The SMILES string of the molecule is CCC(CC)(CS)CN1CCC(C)CC1C. The minimum absolute atomic E-state index is 0.442. The molecule has 0 aliphatic carbocycles. The van der Waals surface area contributed by atoms with Crippen LogP contribution in [0.2, 0.25) is 0 Å². The number of likely N-dealkylation sites (tertiary alicyclic amines) is 1. The fourth-order valence-corrected chi connectivity index (χ4v) is 3.42. The molecule has 96 valence electrons. The van der Waals surface area contributed by atoms with Crippen molar-refractivity contribution < 1.29 is 0 Å². The summed E-state index contributed by atoms with van der Waals surface area (Å²) >= 11 is 4.58. The van der Waals surface area contributed by atoms with Crippen LogP contribution in [0.3, 0.4) is 0 Å². The standard InChI is InChI=1S/C14H29NS/c1-5-14(6-2,11-16)10-15-8-7-12(3)9-13(15)4/h12-13,16H,5-11H2,1-4H3. The molecule has 0 N–H and O–H groups in total. The zero-order valence-corrected chi connectivity index (χ0v) is 12.4. The zero-order chi connectivity index (χ0) is 12.2. The van der Waals surface area contributed by atoms with Crippen LogP contribution in [0.25, 0.3) is 0 Å². The van der Waals surface area contributed by atoms with Crippen LogP contribution >= 0.6 is 12.6 Å². The van der Waals surface area contributed by atoms with Gasteiger partial charge in [-0.2, -0.15) is 12.6 Å². The van der Waals surface area contributed by atoms with Gasteiger partial charge in [0.25, 0.3) is 0 Å². The number of piperidine rings is 1. The summed E-state index contributed by atoms with van der Waals surface area (Å²) in [5.41, 5.74) is 0.442. The van der Waals surface area contributed by atoms with Gasteiger partial charge in [-0.25, -0.2) is 0 Å². The van der Waals surface area contributed by atoms with E-state index in [0.717, 1.165) is 17.7 Å². The predicted octanol–water partition coefficient (Wildman–Crippen LogP) is 3.84. The second-order valence-corrected chi connectivity index (χ2v) is 6.13. The number of thiol groups is 1. The molecule has 0 spiro atoms. The van der Waals surface area contributed by atoms with Crippen molar-refractivity contribution in [1.29, 1.82) is 0 Å². The molecule has 0 aromatic carbocycles. The van der Waals surface area contributed by atoms with E-state index in [1.807, 2.05) is 0 Å². The smallest absolute Gasteiger partial charge is 0.00697 e. The van der Waals surface area contributed by atoms with Crippen LogP contribution in [0.1, 0.15) is 53.4 Å². The quantitative estimate of drug-likeness (QED) is 0.718. The van der Waals surface area contributed by atoms with E-state index in [1.54, 1.807) is 0 Å². The van der Waals surface area contributed by atoms with Gasteiger partial charge in [0.2, 0.25) is 0 Å². The van der Waals surface area contributed by atoms with Crippen molar-refractivity contribution in [3.8, 4) is 0 Å². The Hall–Kier alpha value is 0.310. The average molecular weight is 243 g/mol. The molecule has 1 saturated heterocycles. The number of hydrogen-bond donors (Lipinski definition) is 1. The molecule has 0 radical (unpaired) electrons. The van der Waals surface area contributed by atoms with Crippen LogP contribution in [-0.4, -0.2) is 29.8 Å². The van der Waals surface area contributed by atoms with Crippen molar-refractivity contribution in [3.05, 3.63) is 0 Å². The van der Waals surface area contributed by atoms with Gasteiger partial charge in [0.15, 0.2) is 0 Å². The van der Waals surface area contributed by atoms with Gasteiger partial charge in [0.1, 0.15) is 0 Å². The molecule has 1 fully saturated rings. The Morgan fingerprint density at radius 3 is 2.31 bits per heavy atom. The van der Waals surface area contributed by atoms with E-state index in [-0.39, 0.29) is 0 Å². The lowest BCUT2D eigenvalue weighted by atomic mass is 9.82. The highest BCUT2D eigenvalue weighted by Crippen LogP contribution is 2.32. The average Bonchev–Trinajstić information content (AvgIpc) is 2.29. The Kier molecular flexibility index (Phi) is 5.66. The molecule has 1 nitrogen and oxygen atoms in total. The summed E-state index contributed by atoms with van der Waals surface area (Å²) in [4.78, 5) is 2.70. The summed E-state index contributed by atoms with van der Waals surface area (Å²) in [5.74, 6) is 1.94. The van der Waals surface area contributed by atoms with Gasteiger partial charge in [0.05, 0.1) is 0 Å². The monoisotopic (exact) mass is 243 g/mol. The van der Waals surface area contributed by atoms with Gasteiger partial charge in [-0.3, -0.25) is 0 Å². The highest BCUT2D eigenvalue weighted by molar-refractivity contribution is 7.80. The maximum atomic E-state index is 4.58. The molecule has 1 heterocycles. The van der Waals surface area contributed by atoms with E-state index in [4.69, 9.17) is 0 Å². The van der Waals surface area contributed by atoms with Crippen molar-refractivity contribution in [2.75, 3.05) is 18.8 Å². The van der Waals surface area contributed by atoms with E-state index < -0.39 is 0 Å². The summed E-state index contributed by atoms with van der Waals surface area (Å²) in [6.45, 7) is 12.0. The highest BCUT2D eigenvalue weighted by Gasteiger charge is 2.31. The Bertz CT molecular complexity index is 193. The lowest BCUT2D eigenvalue weighted by molar-refractivity contribution is 0.0757. The van der Waals surface area contributed by atoms with Crippen molar-refractivity contribution >= 4 is 12.6 Å². The summed E-state index contributed by atoms with van der Waals surface area (Å²) in [5, 5.41) is 0. The number of nitrogens with zero attached hydrogens (tertiary/aromatic N) is 1. The number of rotatable bonds is 5.